The van der Waals surface area contributed by atoms with E-state index in [0.29, 0.717) is 6.04 Å². The number of allylic oxidation sites excluding steroid dienone is 2. The van der Waals surface area contributed by atoms with E-state index in [2.05, 4.69) is 30.2 Å². The summed E-state index contributed by atoms with van der Waals surface area (Å²) in [6.07, 6.45) is 7.44. The molecule has 0 aromatic rings. The molecule has 0 amide bonds. The smallest absolute Gasteiger partial charge is 0.113 e. The number of fused-ring (bicyclic) bond motifs is 1. The van der Waals surface area contributed by atoms with Gasteiger partial charge in [0.2, 0.25) is 0 Å². The lowest BCUT2D eigenvalue weighted by Gasteiger charge is -2.35. The molecule has 1 heterocycles. The number of likely N-dealkylation sites (N-methyl/N-ethyl adjacent to an activating group) is 1. The normalized spacial score (nSPS) is 30.6. The van der Waals surface area contributed by atoms with Gasteiger partial charge in [-0.3, -0.25) is 4.90 Å². The van der Waals surface area contributed by atoms with Crippen molar-refractivity contribution >= 4 is 0 Å². The predicted octanol–water partition coefficient (Wildman–Crippen LogP) is 1.16. The third-order valence-electron chi connectivity index (χ3n) is 2.33. The van der Waals surface area contributed by atoms with Crippen LogP contribution in [0.3, 0.4) is 0 Å². The van der Waals surface area contributed by atoms with Crippen LogP contribution in [0.1, 0.15) is 6.42 Å². The molecular formula is C9H13NO. The lowest BCUT2D eigenvalue weighted by atomic mass is 10.0. The van der Waals surface area contributed by atoms with E-state index >= 15 is 0 Å². The van der Waals surface area contributed by atoms with Gasteiger partial charge < -0.3 is 4.74 Å². The van der Waals surface area contributed by atoms with Crippen molar-refractivity contribution in [2.24, 2.45) is 0 Å². The number of hydrogen-bond acceptors (Lipinski definition) is 2. The summed E-state index contributed by atoms with van der Waals surface area (Å²) >= 11 is 0. The zero-order valence-electron chi connectivity index (χ0n) is 6.79. The highest BCUT2D eigenvalue weighted by molar-refractivity contribution is 5.20. The van der Waals surface area contributed by atoms with E-state index in [1.54, 1.807) is 0 Å². The molecule has 0 spiro atoms. The molecule has 2 heteroatoms. The molecule has 1 fully saturated rings. The first-order valence-corrected chi connectivity index (χ1v) is 4.07. The van der Waals surface area contributed by atoms with E-state index in [0.717, 1.165) is 25.3 Å². The summed E-state index contributed by atoms with van der Waals surface area (Å²) in [6, 6.07) is 0.508. The van der Waals surface area contributed by atoms with Gasteiger partial charge in [0, 0.05) is 6.54 Å². The Hall–Kier alpha value is -0.760. The Kier molecular flexibility index (Phi) is 1.70. The van der Waals surface area contributed by atoms with Crippen LogP contribution in [0.2, 0.25) is 0 Å². The predicted molar refractivity (Wildman–Crippen MR) is 44.2 cm³/mol. The molecule has 11 heavy (non-hydrogen) atoms. The number of rotatable bonds is 0. The third-order valence-corrected chi connectivity index (χ3v) is 2.33. The Bertz CT molecular complexity index is 208. The second-order valence-electron chi connectivity index (χ2n) is 3.08. The zero-order valence-corrected chi connectivity index (χ0v) is 6.79. The fourth-order valence-corrected chi connectivity index (χ4v) is 1.60. The van der Waals surface area contributed by atoms with E-state index in [4.69, 9.17) is 4.74 Å². The quantitative estimate of drug-likeness (QED) is 0.515. The molecule has 0 saturated carbocycles. The Balaban J connectivity index is 2.18. The van der Waals surface area contributed by atoms with Gasteiger partial charge in [0.25, 0.3) is 0 Å². The summed E-state index contributed by atoms with van der Waals surface area (Å²) in [5.41, 5.74) is 0. The van der Waals surface area contributed by atoms with E-state index in [-0.39, 0.29) is 0 Å². The van der Waals surface area contributed by atoms with Crippen molar-refractivity contribution in [1.29, 1.82) is 0 Å². The molecule has 0 bridgehead atoms. The van der Waals surface area contributed by atoms with E-state index in [1.807, 2.05) is 0 Å². The maximum Gasteiger partial charge on any atom is 0.113 e. The van der Waals surface area contributed by atoms with Gasteiger partial charge in [0.15, 0.2) is 0 Å². The highest BCUT2D eigenvalue weighted by Crippen LogP contribution is 2.22. The van der Waals surface area contributed by atoms with Crippen LogP contribution >= 0.6 is 0 Å². The van der Waals surface area contributed by atoms with Gasteiger partial charge in [-0.05, 0) is 19.5 Å². The highest BCUT2D eigenvalue weighted by atomic mass is 16.5. The summed E-state index contributed by atoms with van der Waals surface area (Å²) < 4.78 is 5.52. The topological polar surface area (TPSA) is 12.5 Å². The van der Waals surface area contributed by atoms with Crippen LogP contribution in [0.25, 0.3) is 0 Å². The molecule has 1 aliphatic heterocycles. The monoisotopic (exact) mass is 151 g/mol. The minimum atomic E-state index is 0.508. The number of hydrogen-bond donors (Lipinski definition) is 0. The minimum absolute atomic E-state index is 0.508. The summed E-state index contributed by atoms with van der Waals surface area (Å²) in [6.45, 7) is 1.89. The van der Waals surface area contributed by atoms with Gasteiger partial charge in [0.1, 0.15) is 12.4 Å². The van der Waals surface area contributed by atoms with Crippen molar-refractivity contribution < 1.29 is 4.74 Å². The molecule has 1 aliphatic carbocycles. The molecule has 0 radical (unpaired) electrons. The van der Waals surface area contributed by atoms with E-state index in [1.165, 1.54) is 0 Å². The molecule has 0 aromatic carbocycles. The van der Waals surface area contributed by atoms with Gasteiger partial charge in [-0.25, -0.2) is 0 Å². The Morgan fingerprint density at radius 2 is 2.55 bits per heavy atom. The third kappa shape index (κ3) is 1.18. The Labute approximate surface area is 67.1 Å². The summed E-state index contributed by atoms with van der Waals surface area (Å²) in [5.74, 6) is 1.14. The van der Waals surface area contributed by atoms with Crippen molar-refractivity contribution in [2.45, 2.75) is 12.5 Å². The molecule has 0 aromatic heterocycles. The van der Waals surface area contributed by atoms with Crippen molar-refractivity contribution in [1.82, 2.24) is 4.90 Å². The van der Waals surface area contributed by atoms with Crippen molar-refractivity contribution in [3.63, 3.8) is 0 Å². The molecule has 2 nitrogen and oxygen atoms in total. The second kappa shape index (κ2) is 2.70. The average Bonchev–Trinajstić information content (AvgIpc) is 2.06. The molecule has 60 valence electrons. The average molecular weight is 151 g/mol. The maximum atomic E-state index is 5.52. The summed E-state index contributed by atoms with van der Waals surface area (Å²) in [7, 11) is 2.15. The van der Waals surface area contributed by atoms with Gasteiger partial charge in [-0.1, -0.05) is 12.2 Å². The molecule has 2 aliphatic rings. The zero-order chi connectivity index (χ0) is 7.68. The van der Waals surface area contributed by atoms with Gasteiger partial charge in [-0.2, -0.15) is 0 Å². The SMILES string of the molecule is CN1CCOC2=CC=CCC21. The van der Waals surface area contributed by atoms with Gasteiger partial charge in [-0.15, -0.1) is 0 Å². The first-order chi connectivity index (χ1) is 5.38. The van der Waals surface area contributed by atoms with E-state index < -0.39 is 0 Å². The van der Waals surface area contributed by atoms with Gasteiger partial charge >= 0.3 is 0 Å². The van der Waals surface area contributed by atoms with Crippen LogP contribution < -0.4 is 0 Å². The molecule has 1 unspecified atom stereocenters. The van der Waals surface area contributed by atoms with Crippen LogP contribution in [-0.4, -0.2) is 31.1 Å². The fourth-order valence-electron chi connectivity index (χ4n) is 1.60. The second-order valence-corrected chi connectivity index (χ2v) is 3.08. The molecule has 0 N–H and O–H groups in total. The lowest BCUT2D eigenvalue weighted by molar-refractivity contribution is 0.0655. The van der Waals surface area contributed by atoms with Crippen LogP contribution in [-0.2, 0) is 4.74 Å². The van der Waals surface area contributed by atoms with Crippen molar-refractivity contribution in [3.8, 4) is 0 Å². The van der Waals surface area contributed by atoms with Crippen molar-refractivity contribution in [3.05, 3.63) is 24.0 Å². The summed E-state index contributed by atoms with van der Waals surface area (Å²) in [4.78, 5) is 2.35. The molecule has 1 atom stereocenters. The van der Waals surface area contributed by atoms with Crippen LogP contribution in [0.5, 0.6) is 0 Å². The minimum Gasteiger partial charge on any atom is -0.495 e. The number of nitrogens with zero attached hydrogens (tertiary/aromatic N) is 1. The Morgan fingerprint density at radius 3 is 3.36 bits per heavy atom. The lowest BCUT2D eigenvalue weighted by Crippen LogP contribution is -2.41. The molecule has 2 rings (SSSR count). The largest absolute Gasteiger partial charge is 0.495 e. The van der Waals surface area contributed by atoms with Gasteiger partial charge in [0.05, 0.1) is 6.04 Å². The van der Waals surface area contributed by atoms with Crippen LogP contribution in [0, 0.1) is 0 Å². The number of morpholine rings is 1. The van der Waals surface area contributed by atoms with Crippen LogP contribution in [0.4, 0.5) is 0 Å². The summed E-state index contributed by atoms with van der Waals surface area (Å²) in [5, 5.41) is 0. The fraction of sp³-hybridized carbons (Fsp3) is 0.556. The highest BCUT2D eigenvalue weighted by Gasteiger charge is 2.24. The van der Waals surface area contributed by atoms with Crippen LogP contribution in [0.15, 0.2) is 24.0 Å². The number of ether oxygens (including phenoxy) is 1. The van der Waals surface area contributed by atoms with E-state index in [9.17, 15) is 0 Å². The molecular weight excluding hydrogens is 138 g/mol. The molecule has 1 saturated heterocycles. The first-order valence-electron chi connectivity index (χ1n) is 4.07. The van der Waals surface area contributed by atoms with Crippen molar-refractivity contribution in [2.75, 3.05) is 20.2 Å². The standard InChI is InChI=1S/C9H13NO/c1-10-6-7-11-9-5-3-2-4-8(9)10/h2-3,5,8H,4,6-7H2,1H3. The Morgan fingerprint density at radius 1 is 1.64 bits per heavy atom. The maximum absolute atomic E-state index is 5.52. The first kappa shape index (κ1) is 6.92.